The van der Waals surface area contributed by atoms with Crippen LogP contribution in [0.15, 0.2) is 12.3 Å². The summed E-state index contributed by atoms with van der Waals surface area (Å²) in [5, 5.41) is 9.83. The van der Waals surface area contributed by atoms with Crippen LogP contribution >= 0.6 is 0 Å². The summed E-state index contributed by atoms with van der Waals surface area (Å²) in [5.74, 6) is 0.469. The van der Waals surface area contributed by atoms with Crippen LogP contribution < -0.4 is 9.30 Å². The molecule has 1 amide bonds. The molecule has 0 unspecified atom stereocenters. The van der Waals surface area contributed by atoms with Gasteiger partial charge in [0.15, 0.2) is 18.6 Å². The number of ether oxygens (including phenoxy) is 1. The molecule has 1 N–H and O–H groups in total. The van der Waals surface area contributed by atoms with Gasteiger partial charge in [0.05, 0.1) is 0 Å². The van der Waals surface area contributed by atoms with Crippen LogP contribution in [0.25, 0.3) is 0 Å². The van der Waals surface area contributed by atoms with Crippen LogP contribution in [0, 0.1) is 6.92 Å². The highest BCUT2D eigenvalue weighted by Gasteiger charge is 2.21. The van der Waals surface area contributed by atoms with Gasteiger partial charge in [-0.1, -0.05) is 0 Å². The Kier molecular flexibility index (Phi) is 4.24. The van der Waals surface area contributed by atoms with Crippen LogP contribution in [0.2, 0.25) is 0 Å². The second kappa shape index (κ2) is 5.91. The van der Waals surface area contributed by atoms with E-state index in [4.69, 9.17) is 4.74 Å². The third kappa shape index (κ3) is 2.97. The van der Waals surface area contributed by atoms with Gasteiger partial charge in [0.25, 0.3) is 5.91 Å². The Balaban J connectivity index is 2.04. The average Bonchev–Trinajstić information content (AvgIpc) is 2.92. The van der Waals surface area contributed by atoms with Gasteiger partial charge >= 0.3 is 0 Å². The van der Waals surface area contributed by atoms with Crippen molar-refractivity contribution in [1.29, 1.82) is 0 Å². The molecule has 0 spiro atoms. The number of pyridine rings is 1. The molecule has 0 radical (unpaired) electrons. The van der Waals surface area contributed by atoms with Crippen LogP contribution in [-0.4, -0.2) is 35.6 Å². The first-order chi connectivity index (χ1) is 9.13. The van der Waals surface area contributed by atoms with Crippen molar-refractivity contribution in [3.8, 4) is 11.5 Å². The summed E-state index contributed by atoms with van der Waals surface area (Å²) < 4.78 is 7.49. The van der Waals surface area contributed by atoms with E-state index in [1.54, 1.807) is 12.3 Å². The summed E-state index contributed by atoms with van der Waals surface area (Å²) in [4.78, 5) is 13.7. The number of carbonyl (C=O) groups is 1. The topological polar surface area (TPSA) is 53.7 Å². The van der Waals surface area contributed by atoms with Gasteiger partial charge in [-0.3, -0.25) is 4.79 Å². The molecule has 1 aromatic heterocycles. The van der Waals surface area contributed by atoms with Gasteiger partial charge in [0.2, 0.25) is 11.4 Å². The number of aromatic hydroxyl groups is 1. The van der Waals surface area contributed by atoms with E-state index in [2.05, 4.69) is 0 Å². The van der Waals surface area contributed by atoms with Gasteiger partial charge < -0.3 is 14.7 Å². The van der Waals surface area contributed by atoms with Crippen molar-refractivity contribution in [3.63, 3.8) is 0 Å². The average molecular weight is 265 g/mol. The summed E-state index contributed by atoms with van der Waals surface area (Å²) in [6.45, 7) is 6.31. The molecule has 104 valence electrons. The minimum atomic E-state index is -0.0118. The lowest BCUT2D eigenvalue weighted by Crippen LogP contribution is -2.36. The molecule has 1 aromatic rings. The smallest absolute Gasteiger partial charge is 0.260 e. The van der Waals surface area contributed by atoms with E-state index in [9.17, 15) is 9.90 Å². The fourth-order valence-electron chi connectivity index (χ4n) is 2.38. The van der Waals surface area contributed by atoms with Crippen molar-refractivity contribution in [3.05, 3.63) is 18.0 Å². The highest BCUT2D eigenvalue weighted by atomic mass is 16.5. The molecule has 5 nitrogen and oxygen atoms in total. The zero-order valence-corrected chi connectivity index (χ0v) is 11.6. The Morgan fingerprint density at radius 2 is 2.16 bits per heavy atom. The SMILES string of the molecule is CC[n+]1ccc(O)c(OCC(=O)N2CCCC2)c1C. The first-order valence-corrected chi connectivity index (χ1v) is 6.76. The molecule has 1 aliphatic rings. The quantitative estimate of drug-likeness (QED) is 0.827. The van der Waals surface area contributed by atoms with E-state index < -0.39 is 0 Å². The van der Waals surface area contributed by atoms with Crippen LogP contribution in [0.1, 0.15) is 25.5 Å². The largest absolute Gasteiger partial charge is 0.504 e. The Bertz CT molecular complexity index is 468. The van der Waals surface area contributed by atoms with E-state index in [1.165, 1.54) is 0 Å². The van der Waals surface area contributed by atoms with Crippen molar-refractivity contribution < 1.29 is 19.2 Å². The monoisotopic (exact) mass is 265 g/mol. The molecule has 0 atom stereocenters. The lowest BCUT2D eigenvalue weighted by Gasteiger charge is -2.16. The summed E-state index contributed by atoms with van der Waals surface area (Å²) in [6.07, 6.45) is 3.94. The molecule has 2 rings (SSSR count). The first-order valence-electron chi connectivity index (χ1n) is 6.76. The molecule has 5 heteroatoms. The summed E-state index contributed by atoms with van der Waals surface area (Å²) in [6, 6.07) is 1.59. The number of likely N-dealkylation sites (tertiary alicyclic amines) is 1. The molecular formula is C14H21N2O3+. The molecule has 0 bridgehead atoms. The number of amides is 1. The number of hydrogen-bond acceptors (Lipinski definition) is 3. The predicted octanol–water partition coefficient (Wildman–Crippen LogP) is 1.01. The Morgan fingerprint density at radius 3 is 2.79 bits per heavy atom. The fourth-order valence-corrected chi connectivity index (χ4v) is 2.38. The highest BCUT2D eigenvalue weighted by molar-refractivity contribution is 5.78. The molecule has 1 fully saturated rings. The molecule has 0 aromatic carbocycles. The molecule has 2 heterocycles. The van der Waals surface area contributed by atoms with Crippen molar-refractivity contribution in [2.75, 3.05) is 19.7 Å². The number of aromatic nitrogens is 1. The minimum Gasteiger partial charge on any atom is -0.504 e. The van der Waals surface area contributed by atoms with Crippen molar-refractivity contribution in [1.82, 2.24) is 4.90 Å². The first kappa shape index (κ1) is 13.6. The normalized spacial score (nSPS) is 14.7. The van der Waals surface area contributed by atoms with E-state index in [0.717, 1.165) is 38.2 Å². The van der Waals surface area contributed by atoms with Crippen LogP contribution in [0.4, 0.5) is 0 Å². The van der Waals surface area contributed by atoms with Crippen LogP contribution in [-0.2, 0) is 11.3 Å². The van der Waals surface area contributed by atoms with E-state index >= 15 is 0 Å². The molecule has 19 heavy (non-hydrogen) atoms. The van der Waals surface area contributed by atoms with E-state index in [-0.39, 0.29) is 18.3 Å². The Labute approximate surface area is 113 Å². The van der Waals surface area contributed by atoms with Gasteiger partial charge in [-0.25, -0.2) is 0 Å². The van der Waals surface area contributed by atoms with Gasteiger partial charge in [-0.15, -0.1) is 0 Å². The third-order valence-corrected chi connectivity index (χ3v) is 3.54. The van der Waals surface area contributed by atoms with Crippen molar-refractivity contribution in [2.24, 2.45) is 0 Å². The highest BCUT2D eigenvalue weighted by Crippen LogP contribution is 2.26. The zero-order chi connectivity index (χ0) is 13.8. The van der Waals surface area contributed by atoms with Gasteiger partial charge in [-0.05, 0) is 19.8 Å². The number of aryl methyl sites for hydroxylation is 1. The number of nitrogens with zero attached hydrogens (tertiary/aromatic N) is 2. The summed E-state index contributed by atoms with van der Waals surface area (Å²) in [7, 11) is 0. The van der Waals surface area contributed by atoms with Gasteiger partial charge in [-0.2, -0.15) is 4.57 Å². The molecule has 0 aliphatic carbocycles. The maximum Gasteiger partial charge on any atom is 0.260 e. The van der Waals surface area contributed by atoms with Crippen molar-refractivity contribution in [2.45, 2.75) is 33.2 Å². The predicted molar refractivity (Wildman–Crippen MR) is 70.0 cm³/mol. The second-order valence-electron chi connectivity index (χ2n) is 4.78. The Hall–Kier alpha value is -1.78. The van der Waals surface area contributed by atoms with Gasteiger partial charge in [0.1, 0.15) is 6.54 Å². The Morgan fingerprint density at radius 1 is 1.47 bits per heavy atom. The second-order valence-corrected chi connectivity index (χ2v) is 4.78. The number of hydrogen-bond donors (Lipinski definition) is 1. The zero-order valence-electron chi connectivity index (χ0n) is 11.6. The standard InChI is InChI=1S/C14H20N2O3/c1-3-15-9-6-12(17)14(11(15)2)19-10-13(18)16-7-4-5-8-16/h6,9H,3-5,7-8,10H2,1-2H3/p+1. The van der Waals surface area contributed by atoms with Crippen LogP contribution in [0.3, 0.4) is 0 Å². The summed E-state index contributed by atoms with van der Waals surface area (Å²) in [5.41, 5.74) is 0.830. The molecule has 1 saturated heterocycles. The third-order valence-electron chi connectivity index (χ3n) is 3.54. The molecule has 1 aliphatic heterocycles. The fraction of sp³-hybridized carbons (Fsp3) is 0.571. The summed E-state index contributed by atoms with van der Waals surface area (Å²) >= 11 is 0. The molecular weight excluding hydrogens is 244 g/mol. The lowest BCUT2D eigenvalue weighted by atomic mass is 10.3. The van der Waals surface area contributed by atoms with Gasteiger partial charge in [0, 0.05) is 26.1 Å². The lowest BCUT2D eigenvalue weighted by molar-refractivity contribution is -0.699. The minimum absolute atomic E-state index is 0.0109. The number of carbonyl (C=O) groups excluding carboxylic acids is 1. The maximum absolute atomic E-state index is 11.9. The number of rotatable bonds is 4. The maximum atomic E-state index is 11.9. The van der Waals surface area contributed by atoms with E-state index in [1.807, 2.05) is 23.3 Å². The van der Waals surface area contributed by atoms with E-state index in [0.29, 0.717) is 5.75 Å². The van der Waals surface area contributed by atoms with Crippen LogP contribution in [0.5, 0.6) is 11.5 Å². The molecule has 0 saturated carbocycles. The van der Waals surface area contributed by atoms with Crippen molar-refractivity contribution >= 4 is 5.91 Å².